The zero-order chi connectivity index (χ0) is 17.4. The lowest BCUT2D eigenvalue weighted by Crippen LogP contribution is -2.23. The molecule has 0 saturated heterocycles. The van der Waals surface area contributed by atoms with Crippen LogP contribution in [0.5, 0.6) is 5.75 Å². The molecule has 3 aromatic heterocycles. The van der Waals surface area contributed by atoms with Crippen LogP contribution in [0.4, 0.5) is 0 Å². The molecule has 128 valence electrons. The van der Waals surface area contributed by atoms with Crippen molar-refractivity contribution in [2.75, 3.05) is 6.61 Å². The van der Waals surface area contributed by atoms with Gasteiger partial charge in [-0.05, 0) is 37.6 Å². The van der Waals surface area contributed by atoms with Gasteiger partial charge in [-0.15, -0.1) is 0 Å². The molecule has 0 aliphatic rings. The van der Waals surface area contributed by atoms with E-state index in [4.69, 9.17) is 4.74 Å². The summed E-state index contributed by atoms with van der Waals surface area (Å²) in [6.07, 6.45) is 4.37. The molecule has 7 heteroatoms. The quantitative estimate of drug-likeness (QED) is 0.607. The lowest BCUT2D eigenvalue weighted by molar-refractivity contribution is 0.340. The fourth-order valence-corrected chi connectivity index (χ4v) is 3.01. The van der Waals surface area contributed by atoms with E-state index < -0.39 is 0 Å². The smallest absolute Gasteiger partial charge is 0.280 e. The van der Waals surface area contributed by atoms with E-state index in [1.807, 2.05) is 48.7 Å². The molecule has 1 N–H and O–H groups in total. The Kier molecular flexibility index (Phi) is 3.76. The number of aryl methyl sites for hydroxylation is 1. The highest BCUT2D eigenvalue weighted by molar-refractivity contribution is 5.77. The molecule has 7 nitrogen and oxygen atoms in total. The van der Waals surface area contributed by atoms with Crippen LogP contribution in [-0.4, -0.2) is 30.5 Å². The van der Waals surface area contributed by atoms with Crippen molar-refractivity contribution in [3.63, 3.8) is 0 Å². The molecule has 0 fully saturated rings. The van der Waals surface area contributed by atoms with Crippen LogP contribution in [0.25, 0.3) is 28.3 Å². The standard InChI is InChI=1S/C18H19N5O2/c1-3-10-23-17(24)14-16(22-11-9-19-18(22)23)21-15(20-14)12-5-7-13(8-6-12)25-4-2/h5-9,11H,3-4,10H2,1-2H3,(H,20,21). The second-order valence-electron chi connectivity index (χ2n) is 5.80. The van der Waals surface area contributed by atoms with E-state index in [-0.39, 0.29) is 5.56 Å². The molecule has 0 saturated carbocycles. The number of rotatable bonds is 5. The maximum Gasteiger partial charge on any atom is 0.280 e. The molecule has 0 aliphatic carbocycles. The molecule has 0 radical (unpaired) electrons. The van der Waals surface area contributed by atoms with Crippen LogP contribution in [-0.2, 0) is 6.54 Å². The van der Waals surface area contributed by atoms with Crippen LogP contribution in [0, 0.1) is 0 Å². The second kappa shape index (κ2) is 6.08. The van der Waals surface area contributed by atoms with Gasteiger partial charge in [0.2, 0.25) is 5.78 Å². The van der Waals surface area contributed by atoms with E-state index in [2.05, 4.69) is 15.0 Å². The van der Waals surface area contributed by atoms with Gasteiger partial charge in [-0.1, -0.05) is 6.92 Å². The van der Waals surface area contributed by atoms with Crippen molar-refractivity contribution < 1.29 is 4.74 Å². The summed E-state index contributed by atoms with van der Waals surface area (Å²) in [7, 11) is 0. The average molecular weight is 337 g/mol. The monoisotopic (exact) mass is 337 g/mol. The van der Waals surface area contributed by atoms with Crippen molar-refractivity contribution in [2.45, 2.75) is 26.8 Å². The summed E-state index contributed by atoms with van der Waals surface area (Å²) >= 11 is 0. The van der Waals surface area contributed by atoms with E-state index in [9.17, 15) is 4.79 Å². The van der Waals surface area contributed by atoms with Crippen LogP contribution in [0.2, 0.25) is 0 Å². The number of fused-ring (bicyclic) bond motifs is 3. The zero-order valence-corrected chi connectivity index (χ0v) is 14.2. The lowest BCUT2D eigenvalue weighted by Gasteiger charge is -2.05. The normalized spacial score (nSPS) is 11.4. The topological polar surface area (TPSA) is 77.2 Å². The van der Waals surface area contributed by atoms with Gasteiger partial charge in [-0.3, -0.25) is 13.8 Å². The summed E-state index contributed by atoms with van der Waals surface area (Å²) in [5.74, 6) is 2.08. The van der Waals surface area contributed by atoms with Gasteiger partial charge in [0.25, 0.3) is 5.56 Å². The fourth-order valence-electron chi connectivity index (χ4n) is 3.01. The van der Waals surface area contributed by atoms with Crippen molar-refractivity contribution in [3.05, 3.63) is 47.0 Å². The Bertz CT molecular complexity index is 1090. The molecule has 4 aromatic rings. The molecule has 4 rings (SSSR count). The molecule has 25 heavy (non-hydrogen) atoms. The van der Waals surface area contributed by atoms with Crippen LogP contribution in [0.3, 0.4) is 0 Å². The first-order valence-electron chi connectivity index (χ1n) is 8.41. The summed E-state index contributed by atoms with van der Waals surface area (Å²) < 4.78 is 9.00. The van der Waals surface area contributed by atoms with Crippen molar-refractivity contribution in [2.24, 2.45) is 0 Å². The first kappa shape index (κ1) is 15.4. The van der Waals surface area contributed by atoms with E-state index >= 15 is 0 Å². The van der Waals surface area contributed by atoms with Crippen molar-refractivity contribution in [3.8, 4) is 17.1 Å². The Labute approximate surface area is 143 Å². The number of aromatic amines is 1. The second-order valence-corrected chi connectivity index (χ2v) is 5.80. The van der Waals surface area contributed by atoms with Crippen molar-refractivity contribution in [1.82, 2.24) is 23.9 Å². The summed E-state index contributed by atoms with van der Waals surface area (Å²) in [6.45, 7) is 5.23. The minimum atomic E-state index is -0.0970. The van der Waals surface area contributed by atoms with E-state index in [0.29, 0.717) is 35.9 Å². The minimum absolute atomic E-state index is 0.0970. The van der Waals surface area contributed by atoms with Gasteiger partial charge < -0.3 is 9.72 Å². The Morgan fingerprint density at radius 2 is 2.00 bits per heavy atom. The first-order valence-corrected chi connectivity index (χ1v) is 8.41. The molecule has 0 spiro atoms. The summed E-state index contributed by atoms with van der Waals surface area (Å²) in [4.78, 5) is 25.0. The van der Waals surface area contributed by atoms with Gasteiger partial charge in [-0.2, -0.15) is 0 Å². The summed E-state index contributed by atoms with van der Waals surface area (Å²) in [5, 5.41) is 0. The molecule has 0 amide bonds. The molecule has 0 unspecified atom stereocenters. The maximum absolute atomic E-state index is 12.8. The average Bonchev–Trinajstić information content (AvgIpc) is 3.26. The van der Waals surface area contributed by atoms with Gasteiger partial charge in [0.05, 0.1) is 6.61 Å². The third-order valence-electron chi connectivity index (χ3n) is 4.12. The minimum Gasteiger partial charge on any atom is -0.494 e. The van der Waals surface area contributed by atoms with Gasteiger partial charge in [0.15, 0.2) is 11.2 Å². The Hall–Kier alpha value is -3.09. The number of aromatic nitrogens is 5. The highest BCUT2D eigenvalue weighted by Crippen LogP contribution is 2.22. The Morgan fingerprint density at radius 3 is 2.72 bits per heavy atom. The lowest BCUT2D eigenvalue weighted by atomic mass is 10.2. The molecular weight excluding hydrogens is 318 g/mol. The molecule has 0 bridgehead atoms. The summed E-state index contributed by atoms with van der Waals surface area (Å²) in [6, 6.07) is 7.65. The molecular formula is C18H19N5O2. The Morgan fingerprint density at radius 1 is 1.20 bits per heavy atom. The van der Waals surface area contributed by atoms with Crippen molar-refractivity contribution in [1.29, 1.82) is 0 Å². The Balaban J connectivity index is 1.90. The van der Waals surface area contributed by atoms with Gasteiger partial charge in [0.1, 0.15) is 11.6 Å². The highest BCUT2D eigenvalue weighted by atomic mass is 16.5. The SMILES string of the molecule is CCCn1c(=O)c2[nH]c(-c3ccc(OCC)cc3)nc2n2ccnc12. The molecule has 0 aliphatic heterocycles. The van der Waals surface area contributed by atoms with Gasteiger partial charge in [0, 0.05) is 24.5 Å². The van der Waals surface area contributed by atoms with E-state index in [1.54, 1.807) is 10.8 Å². The third kappa shape index (κ3) is 2.48. The van der Waals surface area contributed by atoms with Crippen LogP contribution in [0.15, 0.2) is 41.5 Å². The first-order chi connectivity index (χ1) is 12.2. The van der Waals surface area contributed by atoms with Crippen molar-refractivity contribution >= 4 is 16.9 Å². The van der Waals surface area contributed by atoms with E-state index in [1.165, 1.54) is 0 Å². The molecule has 3 heterocycles. The number of ether oxygens (including phenoxy) is 1. The zero-order valence-electron chi connectivity index (χ0n) is 14.2. The number of hydrogen-bond acceptors (Lipinski definition) is 4. The van der Waals surface area contributed by atoms with E-state index in [0.717, 1.165) is 17.7 Å². The van der Waals surface area contributed by atoms with Crippen LogP contribution >= 0.6 is 0 Å². The van der Waals surface area contributed by atoms with Crippen LogP contribution < -0.4 is 10.3 Å². The molecule has 0 atom stereocenters. The maximum atomic E-state index is 12.8. The third-order valence-corrected chi connectivity index (χ3v) is 4.12. The predicted octanol–water partition coefficient (Wildman–Crippen LogP) is 2.85. The number of benzene rings is 1. The fraction of sp³-hybridized carbons (Fsp3) is 0.278. The predicted molar refractivity (Wildman–Crippen MR) is 96.0 cm³/mol. The largest absolute Gasteiger partial charge is 0.494 e. The molecule has 1 aromatic carbocycles. The number of hydrogen-bond donors (Lipinski definition) is 1. The van der Waals surface area contributed by atoms with Gasteiger partial charge in [-0.25, -0.2) is 9.97 Å². The summed E-state index contributed by atoms with van der Waals surface area (Å²) in [5.41, 5.74) is 1.88. The highest BCUT2D eigenvalue weighted by Gasteiger charge is 2.16. The number of imidazole rings is 2. The number of H-pyrrole nitrogens is 1. The van der Waals surface area contributed by atoms with Crippen LogP contribution in [0.1, 0.15) is 20.3 Å². The van der Waals surface area contributed by atoms with Gasteiger partial charge >= 0.3 is 0 Å². The number of nitrogens with zero attached hydrogens (tertiary/aromatic N) is 4. The number of nitrogens with one attached hydrogen (secondary N) is 1.